The van der Waals surface area contributed by atoms with Gasteiger partial charge in [0, 0.05) is 32.5 Å². The predicted molar refractivity (Wildman–Crippen MR) is 157 cm³/mol. The molecule has 0 saturated heterocycles. The fourth-order valence-electron chi connectivity index (χ4n) is 4.55. The van der Waals surface area contributed by atoms with Crippen LogP contribution in [0.15, 0.2) is 84.9 Å². The van der Waals surface area contributed by atoms with Gasteiger partial charge in [0.1, 0.15) is 11.6 Å². The fraction of sp³-hybridized carbons (Fsp3) is 0.344. The molecule has 3 rings (SSSR count). The summed E-state index contributed by atoms with van der Waals surface area (Å²) in [5, 5.41) is 7.79. The number of nitrogens with two attached hydrogens (primary N) is 1. The van der Waals surface area contributed by atoms with E-state index in [0.717, 1.165) is 21.9 Å². The molecule has 3 amide bonds. The molecule has 0 heterocycles. The largest absolute Gasteiger partial charge is 0.357 e. The van der Waals surface area contributed by atoms with Crippen LogP contribution in [0.1, 0.15) is 38.3 Å². The second kappa shape index (κ2) is 12.7. The maximum atomic E-state index is 13.9. The Morgan fingerprint density at radius 1 is 0.923 bits per heavy atom. The van der Waals surface area contributed by atoms with Crippen molar-refractivity contribution in [3.63, 3.8) is 0 Å². The molecule has 7 nitrogen and oxygen atoms in total. The van der Waals surface area contributed by atoms with Gasteiger partial charge < -0.3 is 21.3 Å². The molecule has 0 saturated carbocycles. The molecule has 0 unspecified atom stereocenters. The molecule has 0 aliphatic carbocycles. The smallest absolute Gasteiger partial charge is 0.246 e. The summed E-state index contributed by atoms with van der Waals surface area (Å²) in [6.45, 7) is 5.47. The van der Waals surface area contributed by atoms with Gasteiger partial charge in [-0.05, 0) is 55.2 Å². The lowest BCUT2D eigenvalue weighted by Gasteiger charge is -2.34. The number of carbonyl (C=O) groups excluding carboxylic acids is 3. The number of rotatable bonds is 11. The topological polar surface area (TPSA) is 105 Å². The van der Waals surface area contributed by atoms with Crippen molar-refractivity contribution in [2.24, 2.45) is 5.73 Å². The predicted octanol–water partition coefficient (Wildman–Crippen LogP) is 3.76. The highest BCUT2D eigenvalue weighted by Crippen LogP contribution is 2.20. The van der Waals surface area contributed by atoms with Gasteiger partial charge in [-0.1, -0.05) is 78.9 Å². The summed E-state index contributed by atoms with van der Waals surface area (Å²) in [5.41, 5.74) is 6.19. The zero-order valence-electron chi connectivity index (χ0n) is 23.5. The molecule has 0 aliphatic rings. The Morgan fingerprint density at radius 2 is 1.56 bits per heavy atom. The molecule has 2 atom stereocenters. The van der Waals surface area contributed by atoms with E-state index >= 15 is 0 Å². The second-order valence-electron chi connectivity index (χ2n) is 11.0. The number of nitrogens with one attached hydrogen (secondary N) is 2. The summed E-state index contributed by atoms with van der Waals surface area (Å²) in [4.78, 5) is 41.5. The van der Waals surface area contributed by atoms with Gasteiger partial charge in [0.15, 0.2) is 0 Å². The second-order valence-corrected chi connectivity index (χ2v) is 11.0. The van der Waals surface area contributed by atoms with E-state index in [0.29, 0.717) is 12.8 Å². The van der Waals surface area contributed by atoms with E-state index in [1.807, 2.05) is 86.6 Å². The van der Waals surface area contributed by atoms with Crippen molar-refractivity contribution in [2.45, 2.75) is 57.2 Å². The Bertz CT molecular complexity index is 1330. The van der Waals surface area contributed by atoms with Crippen LogP contribution in [0.5, 0.6) is 0 Å². The minimum Gasteiger partial charge on any atom is -0.357 e. The van der Waals surface area contributed by atoms with E-state index in [9.17, 15) is 14.4 Å². The third-order valence-corrected chi connectivity index (χ3v) is 6.79. The van der Waals surface area contributed by atoms with Gasteiger partial charge in [-0.15, -0.1) is 0 Å². The summed E-state index contributed by atoms with van der Waals surface area (Å²) < 4.78 is 0. The average Bonchev–Trinajstić information content (AvgIpc) is 2.90. The number of benzene rings is 3. The summed E-state index contributed by atoms with van der Waals surface area (Å²) in [6, 6.07) is 22.7. The molecule has 3 aromatic rings. The van der Waals surface area contributed by atoms with Crippen molar-refractivity contribution in [3.8, 4) is 0 Å². The zero-order chi connectivity index (χ0) is 28.6. The minimum atomic E-state index is -1.22. The van der Waals surface area contributed by atoms with Crippen LogP contribution in [0, 0.1) is 0 Å². The van der Waals surface area contributed by atoms with Gasteiger partial charge >= 0.3 is 0 Å². The molecule has 3 aromatic carbocycles. The standard InChI is InChI=1S/C32H40N4O3/c1-31(2,33)19-11-16-28(37)36(5)27(21-24-17-18-25-14-9-10-15-26(25)20-24)29(38)35-32(3,30(39)34-4)22-23-12-7-6-8-13-23/h6-18,20,27H,19,21-22,33H2,1-5H3,(H,34,39)(H,35,38)/t27-,32-/m1/s1. The number of amides is 3. The van der Waals surface area contributed by atoms with Gasteiger partial charge in [-0.2, -0.15) is 0 Å². The van der Waals surface area contributed by atoms with Crippen LogP contribution >= 0.6 is 0 Å². The van der Waals surface area contributed by atoms with Crippen LogP contribution in [-0.2, 0) is 27.2 Å². The van der Waals surface area contributed by atoms with Crippen LogP contribution in [-0.4, -0.2) is 53.8 Å². The Balaban J connectivity index is 1.92. The number of hydrogen-bond donors (Lipinski definition) is 3. The molecular formula is C32H40N4O3. The Morgan fingerprint density at radius 3 is 2.21 bits per heavy atom. The highest BCUT2D eigenvalue weighted by Gasteiger charge is 2.38. The Hall–Kier alpha value is -3.97. The number of likely N-dealkylation sites (N-methyl/N-ethyl adjacent to an activating group) is 2. The average molecular weight is 529 g/mol. The molecule has 0 aromatic heterocycles. The van der Waals surface area contributed by atoms with Crippen molar-refractivity contribution in [2.75, 3.05) is 14.1 Å². The first-order valence-corrected chi connectivity index (χ1v) is 13.2. The van der Waals surface area contributed by atoms with Crippen molar-refractivity contribution in [1.82, 2.24) is 15.5 Å². The molecule has 0 bridgehead atoms. The highest BCUT2D eigenvalue weighted by atomic mass is 16.2. The van der Waals surface area contributed by atoms with Crippen LogP contribution in [0.25, 0.3) is 10.8 Å². The van der Waals surface area contributed by atoms with Crippen LogP contribution < -0.4 is 16.4 Å². The molecule has 7 heteroatoms. The van der Waals surface area contributed by atoms with Crippen molar-refractivity contribution < 1.29 is 14.4 Å². The summed E-state index contributed by atoms with van der Waals surface area (Å²) in [6.07, 6.45) is 4.28. The monoisotopic (exact) mass is 528 g/mol. The first kappa shape index (κ1) is 29.6. The van der Waals surface area contributed by atoms with Crippen molar-refractivity contribution in [1.29, 1.82) is 0 Å². The van der Waals surface area contributed by atoms with E-state index in [1.54, 1.807) is 27.1 Å². The Kier molecular flexibility index (Phi) is 9.65. The van der Waals surface area contributed by atoms with Gasteiger partial charge in [0.25, 0.3) is 0 Å². The van der Waals surface area contributed by atoms with Gasteiger partial charge in [0.05, 0.1) is 0 Å². The van der Waals surface area contributed by atoms with Crippen molar-refractivity contribution >= 4 is 28.5 Å². The Labute approximate surface area is 231 Å². The summed E-state index contributed by atoms with van der Waals surface area (Å²) >= 11 is 0. The lowest BCUT2D eigenvalue weighted by molar-refractivity contribution is -0.139. The normalized spacial score (nSPS) is 14.0. The molecule has 0 spiro atoms. The molecule has 0 aliphatic heterocycles. The summed E-state index contributed by atoms with van der Waals surface area (Å²) in [5.74, 6) is -1.04. The third-order valence-electron chi connectivity index (χ3n) is 6.79. The highest BCUT2D eigenvalue weighted by molar-refractivity contribution is 5.96. The van der Waals surface area contributed by atoms with E-state index in [2.05, 4.69) is 10.6 Å². The van der Waals surface area contributed by atoms with E-state index < -0.39 is 23.0 Å². The first-order chi connectivity index (χ1) is 18.4. The van der Waals surface area contributed by atoms with E-state index in [4.69, 9.17) is 5.73 Å². The van der Waals surface area contributed by atoms with Crippen molar-refractivity contribution in [3.05, 3.63) is 96.1 Å². The molecule has 0 radical (unpaired) electrons. The zero-order valence-corrected chi connectivity index (χ0v) is 23.5. The maximum absolute atomic E-state index is 13.9. The third kappa shape index (κ3) is 8.26. The fourth-order valence-corrected chi connectivity index (χ4v) is 4.55. The van der Waals surface area contributed by atoms with Crippen LogP contribution in [0.3, 0.4) is 0 Å². The molecule has 206 valence electrons. The number of hydrogen-bond acceptors (Lipinski definition) is 4. The van der Waals surface area contributed by atoms with E-state index in [1.165, 1.54) is 11.0 Å². The van der Waals surface area contributed by atoms with E-state index in [-0.39, 0.29) is 18.2 Å². The van der Waals surface area contributed by atoms with Gasteiger partial charge in [-0.25, -0.2) is 0 Å². The molecule has 39 heavy (non-hydrogen) atoms. The minimum absolute atomic E-state index is 0.282. The van der Waals surface area contributed by atoms with Gasteiger partial charge in [-0.3, -0.25) is 14.4 Å². The quantitative estimate of drug-likeness (QED) is 0.330. The lowest BCUT2D eigenvalue weighted by atomic mass is 9.90. The molecule has 0 fully saturated rings. The lowest BCUT2D eigenvalue weighted by Crippen LogP contribution is -2.61. The van der Waals surface area contributed by atoms with Gasteiger partial charge in [0.2, 0.25) is 17.7 Å². The SMILES string of the molecule is CNC(=O)[C@@](C)(Cc1ccccc1)NC(=O)[C@@H](Cc1ccc2ccccc2c1)N(C)C(=O)C=CCC(C)(C)N. The first-order valence-electron chi connectivity index (χ1n) is 13.2. The molecular weight excluding hydrogens is 488 g/mol. The van der Waals surface area contributed by atoms with Crippen LogP contribution in [0.2, 0.25) is 0 Å². The number of nitrogens with zero attached hydrogens (tertiary/aromatic N) is 1. The molecule has 4 N–H and O–H groups in total. The number of fused-ring (bicyclic) bond motifs is 1. The number of carbonyl (C=O) groups is 3. The maximum Gasteiger partial charge on any atom is 0.246 e. The summed E-state index contributed by atoms with van der Waals surface area (Å²) in [7, 11) is 3.16. The van der Waals surface area contributed by atoms with Crippen LogP contribution in [0.4, 0.5) is 0 Å².